The van der Waals surface area contributed by atoms with Gasteiger partial charge in [-0.1, -0.05) is 41.9 Å². The van der Waals surface area contributed by atoms with Crippen LogP contribution in [-0.4, -0.2) is 56.8 Å². The second kappa shape index (κ2) is 13.6. The Bertz CT molecular complexity index is 2470. The summed E-state index contributed by atoms with van der Waals surface area (Å²) < 4.78 is 41.3. The van der Waals surface area contributed by atoms with Crippen molar-refractivity contribution in [1.82, 2.24) is 24.0 Å². The van der Waals surface area contributed by atoms with E-state index in [1.807, 2.05) is 38.1 Å². The van der Waals surface area contributed by atoms with Crippen LogP contribution in [0.5, 0.6) is 5.88 Å². The first-order chi connectivity index (χ1) is 25.9. The van der Waals surface area contributed by atoms with Gasteiger partial charge in [-0.25, -0.2) is 23.5 Å². The van der Waals surface area contributed by atoms with Gasteiger partial charge in [0.15, 0.2) is 0 Å². The number of carbonyl (C=O) groups excluding carboxylic acids is 1. The standard InChI is InChI=1S/C40H39ClF2N6O5/c1-6-54-39(51)32-24-17-49(18-25(24)32)29-14-13-20-15-27(46-37(53-5)31(20)29)23-11-7-10-22(34(23)41)21-9-8-12-26(19(21)2)44-36-33-30(16-28(45-36)35(42)43)47(3)40(52)48(4)38(33)50/h7-12,15-16,24-25,29,32,35H,6,13-14,17-18H2,1-5H3,(H,44,45)/t24-,25+,29-,32?/m0/s1. The smallest absolute Gasteiger partial charge is 0.330 e. The van der Waals surface area contributed by atoms with Gasteiger partial charge in [-0.3, -0.25) is 23.6 Å². The summed E-state index contributed by atoms with van der Waals surface area (Å²) in [5.41, 5.74) is 4.56. The van der Waals surface area contributed by atoms with Gasteiger partial charge in [0.05, 0.1) is 35.9 Å². The number of rotatable bonds is 9. The maximum Gasteiger partial charge on any atom is 0.330 e. The van der Waals surface area contributed by atoms with E-state index in [0.717, 1.165) is 74.5 Å². The zero-order chi connectivity index (χ0) is 38.2. The van der Waals surface area contributed by atoms with Crippen molar-refractivity contribution < 1.29 is 23.0 Å². The molecule has 0 bridgehead atoms. The predicted molar refractivity (Wildman–Crippen MR) is 202 cm³/mol. The number of nitrogens with one attached hydrogen (secondary N) is 1. The monoisotopic (exact) mass is 756 g/mol. The summed E-state index contributed by atoms with van der Waals surface area (Å²) >= 11 is 7.21. The summed E-state index contributed by atoms with van der Waals surface area (Å²) in [7, 11) is 4.38. The van der Waals surface area contributed by atoms with E-state index < -0.39 is 23.4 Å². The van der Waals surface area contributed by atoms with Crippen molar-refractivity contribution in [3.8, 4) is 28.3 Å². The van der Waals surface area contributed by atoms with Crippen LogP contribution in [0.2, 0.25) is 5.02 Å². The van der Waals surface area contributed by atoms with Crippen LogP contribution >= 0.6 is 11.6 Å². The van der Waals surface area contributed by atoms with Crippen molar-refractivity contribution in [2.45, 2.75) is 39.2 Å². The molecule has 280 valence electrons. The number of methoxy groups -OCH3 is 1. The maximum atomic E-state index is 14.0. The summed E-state index contributed by atoms with van der Waals surface area (Å²) in [4.78, 5) is 49.8. The normalized spacial score (nSPS) is 20.3. The molecule has 0 spiro atoms. The fourth-order valence-electron chi connectivity index (χ4n) is 8.58. The molecule has 0 radical (unpaired) electrons. The largest absolute Gasteiger partial charge is 0.481 e. The van der Waals surface area contributed by atoms with Gasteiger partial charge in [-0.2, -0.15) is 0 Å². The number of anilines is 2. The Morgan fingerprint density at radius 2 is 1.72 bits per heavy atom. The Kier molecular flexibility index (Phi) is 9.04. The average molecular weight is 757 g/mol. The van der Waals surface area contributed by atoms with Crippen LogP contribution in [0.1, 0.15) is 48.2 Å². The van der Waals surface area contributed by atoms with Gasteiger partial charge in [0.2, 0.25) is 5.88 Å². The molecule has 54 heavy (non-hydrogen) atoms. The highest BCUT2D eigenvalue weighted by atomic mass is 35.5. The van der Waals surface area contributed by atoms with Crippen molar-refractivity contribution >= 4 is 40.0 Å². The fourth-order valence-corrected chi connectivity index (χ4v) is 8.91. The number of halogens is 3. The molecule has 0 amide bonds. The van der Waals surface area contributed by atoms with E-state index >= 15 is 0 Å². The highest BCUT2D eigenvalue weighted by molar-refractivity contribution is 6.36. The van der Waals surface area contributed by atoms with Gasteiger partial charge < -0.3 is 14.8 Å². The molecule has 1 unspecified atom stereocenters. The Hall–Kier alpha value is -5.14. The number of hydrogen-bond acceptors (Lipinski definition) is 9. The number of hydrogen-bond donors (Lipinski definition) is 1. The van der Waals surface area contributed by atoms with Crippen LogP contribution in [0, 0.1) is 24.7 Å². The minimum atomic E-state index is -2.93. The van der Waals surface area contributed by atoms with E-state index in [9.17, 15) is 23.2 Å². The molecular weight excluding hydrogens is 718 g/mol. The van der Waals surface area contributed by atoms with E-state index in [0.29, 0.717) is 40.7 Å². The molecule has 2 fully saturated rings. The molecule has 1 N–H and O–H groups in total. The lowest BCUT2D eigenvalue weighted by molar-refractivity contribution is -0.145. The second-order valence-electron chi connectivity index (χ2n) is 14.3. The number of aromatic nitrogens is 4. The highest BCUT2D eigenvalue weighted by Gasteiger charge is 2.61. The lowest BCUT2D eigenvalue weighted by Crippen LogP contribution is -2.37. The number of carbonyl (C=O) groups is 1. The van der Waals surface area contributed by atoms with Gasteiger partial charge in [0.25, 0.3) is 12.0 Å². The molecule has 1 saturated heterocycles. The fraction of sp³-hybridized carbons (Fsp3) is 0.375. The van der Waals surface area contributed by atoms with E-state index in [4.69, 9.17) is 26.1 Å². The van der Waals surface area contributed by atoms with Gasteiger partial charge in [0.1, 0.15) is 16.9 Å². The lowest BCUT2D eigenvalue weighted by atomic mass is 9.96. The van der Waals surface area contributed by atoms with E-state index in [1.165, 1.54) is 14.1 Å². The first-order valence-electron chi connectivity index (χ1n) is 18.0. The van der Waals surface area contributed by atoms with Crippen LogP contribution < -0.4 is 21.3 Å². The van der Waals surface area contributed by atoms with Crippen molar-refractivity contribution in [1.29, 1.82) is 0 Å². The molecule has 5 aromatic rings. The summed E-state index contributed by atoms with van der Waals surface area (Å²) in [5, 5.41) is 3.60. The molecule has 2 aliphatic carbocycles. The van der Waals surface area contributed by atoms with Crippen molar-refractivity contribution in [2.75, 3.05) is 32.1 Å². The molecule has 4 heterocycles. The quantitative estimate of drug-likeness (QED) is 0.163. The topological polar surface area (TPSA) is 121 Å². The second-order valence-corrected chi connectivity index (χ2v) is 14.6. The van der Waals surface area contributed by atoms with Gasteiger partial charge in [-0.05, 0) is 73.4 Å². The summed E-state index contributed by atoms with van der Waals surface area (Å²) in [5.74, 6) is 1.09. The highest BCUT2D eigenvalue weighted by Crippen LogP contribution is 2.56. The summed E-state index contributed by atoms with van der Waals surface area (Å²) in [6.07, 6.45) is -1.15. The van der Waals surface area contributed by atoms with Crippen LogP contribution in [0.15, 0.2) is 58.1 Å². The van der Waals surface area contributed by atoms with Gasteiger partial charge in [0, 0.05) is 55.6 Å². The van der Waals surface area contributed by atoms with Crippen LogP contribution in [-0.2, 0) is 30.0 Å². The third-order valence-electron chi connectivity index (χ3n) is 11.4. The molecule has 14 heteroatoms. The van der Waals surface area contributed by atoms with Crippen molar-refractivity contribution in [3.05, 3.63) is 96.8 Å². The van der Waals surface area contributed by atoms with Gasteiger partial charge >= 0.3 is 11.7 Å². The summed E-state index contributed by atoms with van der Waals surface area (Å²) in [6.45, 7) is 5.81. The number of benzene rings is 2. The molecule has 2 aromatic carbocycles. The van der Waals surface area contributed by atoms with Crippen LogP contribution in [0.3, 0.4) is 0 Å². The number of alkyl halides is 2. The number of fused-ring (bicyclic) bond motifs is 3. The van der Waals surface area contributed by atoms with Crippen molar-refractivity contribution in [3.63, 3.8) is 0 Å². The van der Waals surface area contributed by atoms with E-state index in [2.05, 4.69) is 21.3 Å². The third kappa shape index (κ3) is 5.76. The molecule has 11 nitrogen and oxygen atoms in total. The maximum absolute atomic E-state index is 14.0. The number of ether oxygens (including phenoxy) is 2. The average Bonchev–Trinajstić information content (AvgIpc) is 3.42. The third-order valence-corrected chi connectivity index (χ3v) is 11.8. The first-order valence-corrected chi connectivity index (χ1v) is 18.3. The Morgan fingerprint density at radius 3 is 2.43 bits per heavy atom. The number of likely N-dealkylation sites (tertiary alicyclic amines) is 1. The summed E-state index contributed by atoms with van der Waals surface area (Å²) in [6, 6.07) is 14.5. The zero-order valence-corrected chi connectivity index (χ0v) is 31.2. The minimum Gasteiger partial charge on any atom is -0.481 e. The number of esters is 1. The molecule has 3 aliphatic rings. The van der Waals surface area contributed by atoms with Crippen LogP contribution in [0.4, 0.5) is 20.3 Å². The number of nitrogens with zero attached hydrogens (tertiary/aromatic N) is 5. The molecule has 1 saturated carbocycles. The lowest BCUT2D eigenvalue weighted by Gasteiger charge is -2.28. The Labute approximate surface area is 314 Å². The zero-order valence-electron chi connectivity index (χ0n) is 30.5. The minimum absolute atomic E-state index is 0.00936. The SMILES string of the molecule is CCOC(=O)C1[C@H]2CN([C@H]3CCc4cc(-c5cccc(-c6cccc(Nc7nc(C(F)F)cc8c7c(=O)n(C)c(=O)n8C)c6C)c5Cl)nc(OC)c43)C[C@@H]12. The molecule has 3 aromatic heterocycles. The molecule has 8 rings (SSSR count). The molecular formula is C40H39ClF2N6O5. The molecule has 1 aliphatic heterocycles. The van der Waals surface area contributed by atoms with E-state index in [1.54, 1.807) is 19.2 Å². The van der Waals surface area contributed by atoms with Crippen LogP contribution in [0.25, 0.3) is 33.3 Å². The Balaban J connectivity index is 1.12. The number of pyridine rings is 2. The first kappa shape index (κ1) is 35.9. The van der Waals surface area contributed by atoms with Gasteiger partial charge in [-0.15, -0.1) is 0 Å². The van der Waals surface area contributed by atoms with E-state index in [-0.39, 0.29) is 34.6 Å². The number of piperidine rings is 1. The van der Waals surface area contributed by atoms with Crippen molar-refractivity contribution in [2.24, 2.45) is 31.8 Å². The molecule has 4 atom stereocenters. The predicted octanol–water partition coefficient (Wildman–Crippen LogP) is 6.74. The Morgan fingerprint density at radius 1 is 1.02 bits per heavy atom. The number of aryl methyl sites for hydroxylation is 2.